The van der Waals surface area contributed by atoms with Crippen LogP contribution in [0.25, 0.3) is 0 Å². The maximum atomic E-state index is 11.5. The highest BCUT2D eigenvalue weighted by Crippen LogP contribution is 2.16. The molecule has 15 heavy (non-hydrogen) atoms. The number of rotatable bonds is 7. The van der Waals surface area contributed by atoms with Crippen LogP contribution in [0.3, 0.4) is 0 Å². The van der Waals surface area contributed by atoms with E-state index in [0.29, 0.717) is 5.78 Å². The third kappa shape index (κ3) is 5.93. The van der Waals surface area contributed by atoms with Crippen molar-refractivity contribution in [3.05, 3.63) is 0 Å². The third-order valence-corrected chi connectivity index (χ3v) is 3.29. The molecule has 1 atom stereocenters. The SMILES string of the molecule is CCCCCC(=O)CCC1CCCNC1. The van der Waals surface area contributed by atoms with Crippen molar-refractivity contribution in [2.45, 2.75) is 58.3 Å². The lowest BCUT2D eigenvalue weighted by Crippen LogP contribution is -2.29. The standard InChI is InChI=1S/C13H25NO/c1-2-3-4-7-13(15)9-8-12-6-5-10-14-11-12/h12,14H,2-11H2,1H3. The second-order valence-electron chi connectivity index (χ2n) is 4.75. The fraction of sp³-hybridized carbons (Fsp3) is 0.923. The van der Waals surface area contributed by atoms with E-state index in [4.69, 9.17) is 0 Å². The normalized spacial score (nSPS) is 21.5. The molecule has 88 valence electrons. The maximum Gasteiger partial charge on any atom is 0.132 e. The van der Waals surface area contributed by atoms with E-state index in [1.54, 1.807) is 0 Å². The van der Waals surface area contributed by atoms with E-state index in [1.165, 1.54) is 32.2 Å². The van der Waals surface area contributed by atoms with Crippen LogP contribution in [0.1, 0.15) is 58.3 Å². The van der Waals surface area contributed by atoms with Gasteiger partial charge < -0.3 is 5.32 Å². The van der Waals surface area contributed by atoms with Crippen molar-refractivity contribution < 1.29 is 4.79 Å². The number of nitrogens with one attached hydrogen (secondary N) is 1. The van der Waals surface area contributed by atoms with Crippen LogP contribution in [0.2, 0.25) is 0 Å². The van der Waals surface area contributed by atoms with Gasteiger partial charge in [-0.2, -0.15) is 0 Å². The average Bonchev–Trinajstić information content (AvgIpc) is 2.28. The molecule has 0 saturated carbocycles. The minimum absolute atomic E-state index is 0.481. The van der Waals surface area contributed by atoms with Crippen LogP contribution < -0.4 is 5.32 Å². The molecule has 0 radical (unpaired) electrons. The highest BCUT2D eigenvalue weighted by atomic mass is 16.1. The molecule has 0 aliphatic carbocycles. The average molecular weight is 211 g/mol. The smallest absolute Gasteiger partial charge is 0.132 e. The van der Waals surface area contributed by atoms with Crippen LogP contribution in [-0.2, 0) is 4.79 Å². The van der Waals surface area contributed by atoms with Crippen LogP contribution >= 0.6 is 0 Å². The van der Waals surface area contributed by atoms with Crippen LogP contribution in [0.5, 0.6) is 0 Å². The Morgan fingerprint density at radius 2 is 2.20 bits per heavy atom. The predicted octanol–water partition coefficient (Wildman–Crippen LogP) is 2.92. The van der Waals surface area contributed by atoms with Gasteiger partial charge in [0.15, 0.2) is 0 Å². The van der Waals surface area contributed by atoms with Gasteiger partial charge in [0.05, 0.1) is 0 Å². The molecule has 1 rings (SSSR count). The highest BCUT2D eigenvalue weighted by molar-refractivity contribution is 5.78. The Kier molecular flexibility index (Phi) is 6.66. The van der Waals surface area contributed by atoms with Gasteiger partial charge in [0.25, 0.3) is 0 Å². The minimum atomic E-state index is 0.481. The second kappa shape index (κ2) is 7.86. The third-order valence-electron chi connectivity index (χ3n) is 3.29. The Morgan fingerprint density at radius 3 is 2.87 bits per heavy atom. The topological polar surface area (TPSA) is 29.1 Å². The van der Waals surface area contributed by atoms with Crippen molar-refractivity contribution >= 4 is 5.78 Å². The number of piperidine rings is 1. The van der Waals surface area contributed by atoms with Crippen molar-refractivity contribution in [1.29, 1.82) is 0 Å². The first-order valence-corrected chi connectivity index (χ1v) is 6.55. The molecule has 1 saturated heterocycles. The molecule has 0 aromatic heterocycles. The maximum absolute atomic E-state index is 11.5. The largest absolute Gasteiger partial charge is 0.316 e. The predicted molar refractivity (Wildman–Crippen MR) is 64.0 cm³/mol. The monoisotopic (exact) mass is 211 g/mol. The second-order valence-corrected chi connectivity index (χ2v) is 4.75. The molecule has 0 aromatic carbocycles. The summed E-state index contributed by atoms with van der Waals surface area (Å²) in [6, 6.07) is 0. The number of carbonyl (C=O) groups is 1. The molecule has 0 amide bonds. The Morgan fingerprint density at radius 1 is 1.33 bits per heavy atom. The van der Waals surface area contributed by atoms with Gasteiger partial charge >= 0.3 is 0 Å². The van der Waals surface area contributed by atoms with Crippen molar-refractivity contribution in [1.82, 2.24) is 5.32 Å². The number of hydrogen-bond acceptors (Lipinski definition) is 2. The van der Waals surface area contributed by atoms with Gasteiger partial charge in [-0.15, -0.1) is 0 Å². The molecule has 0 bridgehead atoms. The van der Waals surface area contributed by atoms with Gasteiger partial charge in [0.2, 0.25) is 0 Å². The fourth-order valence-corrected chi connectivity index (χ4v) is 2.23. The minimum Gasteiger partial charge on any atom is -0.316 e. The van der Waals surface area contributed by atoms with Gasteiger partial charge in [0.1, 0.15) is 5.78 Å². The van der Waals surface area contributed by atoms with Crippen LogP contribution in [-0.4, -0.2) is 18.9 Å². The molecular weight excluding hydrogens is 186 g/mol. The van der Waals surface area contributed by atoms with Gasteiger partial charge in [-0.3, -0.25) is 4.79 Å². The molecule has 1 heterocycles. The Bertz CT molecular complexity index is 173. The van der Waals surface area contributed by atoms with Crippen LogP contribution in [0.15, 0.2) is 0 Å². The van der Waals surface area contributed by atoms with E-state index in [1.807, 2.05) is 0 Å². The number of carbonyl (C=O) groups excluding carboxylic acids is 1. The zero-order valence-electron chi connectivity index (χ0n) is 10.1. The Hall–Kier alpha value is -0.370. The summed E-state index contributed by atoms with van der Waals surface area (Å²) in [5.41, 5.74) is 0. The van der Waals surface area contributed by atoms with E-state index < -0.39 is 0 Å². The zero-order chi connectivity index (χ0) is 10.9. The number of unbranched alkanes of at least 4 members (excludes halogenated alkanes) is 2. The lowest BCUT2D eigenvalue weighted by molar-refractivity contribution is -0.119. The molecule has 1 fully saturated rings. The first kappa shape index (κ1) is 12.7. The molecule has 1 aliphatic rings. The quantitative estimate of drug-likeness (QED) is 0.656. The molecule has 1 N–H and O–H groups in total. The van der Waals surface area contributed by atoms with Crippen molar-refractivity contribution in [2.24, 2.45) is 5.92 Å². The van der Waals surface area contributed by atoms with E-state index in [9.17, 15) is 4.79 Å². The summed E-state index contributed by atoms with van der Waals surface area (Å²) in [6.45, 7) is 4.47. The first-order valence-electron chi connectivity index (χ1n) is 6.55. The molecule has 1 unspecified atom stereocenters. The van der Waals surface area contributed by atoms with E-state index in [2.05, 4.69) is 12.2 Å². The van der Waals surface area contributed by atoms with Gasteiger partial charge in [0, 0.05) is 12.8 Å². The summed E-state index contributed by atoms with van der Waals surface area (Å²) in [5, 5.41) is 3.40. The molecule has 2 heteroatoms. The van der Waals surface area contributed by atoms with E-state index >= 15 is 0 Å². The van der Waals surface area contributed by atoms with E-state index in [0.717, 1.165) is 38.1 Å². The zero-order valence-corrected chi connectivity index (χ0v) is 10.1. The molecule has 1 aliphatic heterocycles. The van der Waals surface area contributed by atoms with Gasteiger partial charge in [-0.1, -0.05) is 19.8 Å². The summed E-state index contributed by atoms with van der Waals surface area (Å²) in [6.07, 6.45) is 8.85. The number of hydrogen-bond donors (Lipinski definition) is 1. The van der Waals surface area contributed by atoms with Crippen molar-refractivity contribution in [2.75, 3.05) is 13.1 Å². The summed E-state index contributed by atoms with van der Waals surface area (Å²) < 4.78 is 0. The van der Waals surface area contributed by atoms with Crippen LogP contribution in [0.4, 0.5) is 0 Å². The van der Waals surface area contributed by atoms with Gasteiger partial charge in [-0.25, -0.2) is 0 Å². The van der Waals surface area contributed by atoms with Gasteiger partial charge in [-0.05, 0) is 44.7 Å². The molecule has 0 spiro atoms. The Labute approximate surface area is 93.8 Å². The Balaban J connectivity index is 2.00. The van der Waals surface area contributed by atoms with Crippen molar-refractivity contribution in [3.8, 4) is 0 Å². The molecular formula is C13H25NO. The molecule has 0 aromatic rings. The molecule has 2 nitrogen and oxygen atoms in total. The highest BCUT2D eigenvalue weighted by Gasteiger charge is 2.13. The van der Waals surface area contributed by atoms with E-state index in [-0.39, 0.29) is 0 Å². The van der Waals surface area contributed by atoms with Crippen molar-refractivity contribution in [3.63, 3.8) is 0 Å². The summed E-state index contributed by atoms with van der Waals surface area (Å²) in [5.74, 6) is 1.24. The lowest BCUT2D eigenvalue weighted by Gasteiger charge is -2.22. The summed E-state index contributed by atoms with van der Waals surface area (Å²) in [7, 11) is 0. The summed E-state index contributed by atoms with van der Waals surface area (Å²) in [4.78, 5) is 11.5. The number of Topliss-reactive ketones (excluding diaryl/α,β-unsaturated/α-hetero) is 1. The first-order chi connectivity index (χ1) is 7.33. The van der Waals surface area contributed by atoms with Crippen LogP contribution in [0, 0.1) is 5.92 Å². The fourth-order valence-electron chi connectivity index (χ4n) is 2.23. The lowest BCUT2D eigenvalue weighted by atomic mass is 9.93. The number of ketones is 1. The summed E-state index contributed by atoms with van der Waals surface area (Å²) >= 11 is 0.